The first-order valence-electron chi connectivity index (χ1n) is 5.41. The summed E-state index contributed by atoms with van der Waals surface area (Å²) in [4.78, 5) is 13.9. The summed E-state index contributed by atoms with van der Waals surface area (Å²) in [6.07, 6.45) is 2.95. The zero-order valence-electron chi connectivity index (χ0n) is 9.37. The van der Waals surface area contributed by atoms with Crippen molar-refractivity contribution in [1.82, 2.24) is 4.90 Å². The van der Waals surface area contributed by atoms with E-state index in [2.05, 4.69) is 6.58 Å². The van der Waals surface area contributed by atoms with Crippen LogP contribution >= 0.6 is 0 Å². The quantitative estimate of drug-likeness (QED) is 0.692. The van der Waals surface area contributed by atoms with Gasteiger partial charge in [-0.1, -0.05) is 6.08 Å². The van der Waals surface area contributed by atoms with Crippen LogP contribution in [0.5, 0.6) is 0 Å². The van der Waals surface area contributed by atoms with E-state index >= 15 is 0 Å². The molecule has 1 aliphatic heterocycles. The maximum Gasteiger partial charge on any atom is 0.243 e. The lowest BCUT2D eigenvalue weighted by molar-refractivity contribution is -0.139. The van der Waals surface area contributed by atoms with E-state index in [-0.39, 0.29) is 5.91 Å². The van der Waals surface area contributed by atoms with Gasteiger partial charge in [-0.3, -0.25) is 4.79 Å². The fourth-order valence-electron chi connectivity index (χ4n) is 1.78. The molecule has 0 radical (unpaired) electrons. The largest absolute Gasteiger partial charge is 0.381 e. The molecule has 1 saturated heterocycles. The number of rotatable bonds is 4. The molecule has 0 saturated carbocycles. The van der Waals surface area contributed by atoms with Crippen LogP contribution in [0.1, 0.15) is 19.8 Å². The van der Waals surface area contributed by atoms with E-state index in [1.165, 1.54) is 0 Å². The van der Waals surface area contributed by atoms with Crippen LogP contribution in [0.2, 0.25) is 0 Å². The first kappa shape index (κ1) is 12.2. The second-order valence-corrected chi connectivity index (χ2v) is 3.90. The minimum atomic E-state index is -0.725. The van der Waals surface area contributed by atoms with Crippen LogP contribution in [0.15, 0.2) is 12.7 Å². The number of carbonyl (C=O) groups excluding carboxylic acids is 1. The molecule has 0 aromatic carbocycles. The number of nitrogens with two attached hydrogens (primary N) is 1. The van der Waals surface area contributed by atoms with Gasteiger partial charge in [0.05, 0.1) is 5.54 Å². The van der Waals surface area contributed by atoms with E-state index in [0.29, 0.717) is 39.1 Å². The third-order valence-electron chi connectivity index (χ3n) is 2.83. The van der Waals surface area contributed by atoms with Crippen molar-refractivity contribution in [2.24, 2.45) is 5.73 Å². The van der Waals surface area contributed by atoms with Crippen molar-refractivity contribution in [3.05, 3.63) is 12.7 Å². The topological polar surface area (TPSA) is 55.6 Å². The van der Waals surface area contributed by atoms with E-state index in [0.717, 1.165) is 0 Å². The summed E-state index contributed by atoms with van der Waals surface area (Å²) in [6, 6.07) is 0. The molecule has 0 spiro atoms. The Kier molecular flexibility index (Phi) is 4.29. The smallest absolute Gasteiger partial charge is 0.243 e. The van der Waals surface area contributed by atoms with Crippen LogP contribution in [0.4, 0.5) is 0 Å². The third kappa shape index (κ3) is 2.79. The van der Waals surface area contributed by atoms with Crippen LogP contribution in [0, 0.1) is 0 Å². The van der Waals surface area contributed by atoms with E-state index in [9.17, 15) is 4.79 Å². The van der Waals surface area contributed by atoms with E-state index in [1.54, 1.807) is 11.0 Å². The van der Waals surface area contributed by atoms with E-state index in [1.807, 2.05) is 6.92 Å². The van der Waals surface area contributed by atoms with Crippen LogP contribution in [0.25, 0.3) is 0 Å². The van der Waals surface area contributed by atoms with E-state index < -0.39 is 5.54 Å². The van der Waals surface area contributed by atoms with Crippen molar-refractivity contribution in [3.8, 4) is 0 Å². The van der Waals surface area contributed by atoms with Crippen molar-refractivity contribution >= 4 is 5.91 Å². The van der Waals surface area contributed by atoms with Crippen molar-refractivity contribution < 1.29 is 9.53 Å². The lowest BCUT2D eigenvalue weighted by atomic mass is 9.89. The summed E-state index contributed by atoms with van der Waals surface area (Å²) in [6.45, 7) is 7.98. The molecule has 0 aromatic heterocycles. The van der Waals surface area contributed by atoms with Crippen LogP contribution in [-0.2, 0) is 9.53 Å². The first-order chi connectivity index (χ1) is 7.14. The lowest BCUT2D eigenvalue weighted by Gasteiger charge is -2.36. The number of hydrogen-bond donors (Lipinski definition) is 1. The molecule has 1 amide bonds. The molecule has 15 heavy (non-hydrogen) atoms. The zero-order chi connectivity index (χ0) is 11.3. The molecule has 86 valence electrons. The molecule has 0 unspecified atom stereocenters. The normalized spacial score (nSPS) is 19.6. The molecule has 2 N–H and O–H groups in total. The standard InChI is InChI=1S/C11H20N2O2/c1-3-7-13(4-2)10(14)11(12)5-8-15-9-6-11/h3H,1,4-9,12H2,2H3. The first-order valence-corrected chi connectivity index (χ1v) is 5.41. The monoisotopic (exact) mass is 212 g/mol. The Balaban J connectivity index is 2.66. The average Bonchev–Trinajstić information content (AvgIpc) is 2.26. The highest BCUT2D eigenvalue weighted by Gasteiger charge is 2.38. The van der Waals surface area contributed by atoms with Gasteiger partial charge in [-0.25, -0.2) is 0 Å². The van der Waals surface area contributed by atoms with Gasteiger partial charge in [0, 0.05) is 26.3 Å². The minimum absolute atomic E-state index is 0.0215. The third-order valence-corrected chi connectivity index (χ3v) is 2.83. The maximum atomic E-state index is 12.1. The Morgan fingerprint density at radius 1 is 1.60 bits per heavy atom. The minimum Gasteiger partial charge on any atom is -0.381 e. The van der Waals surface area contributed by atoms with Gasteiger partial charge in [0.25, 0.3) is 0 Å². The molecule has 4 nitrogen and oxygen atoms in total. The second-order valence-electron chi connectivity index (χ2n) is 3.90. The predicted molar refractivity (Wildman–Crippen MR) is 59.4 cm³/mol. The van der Waals surface area contributed by atoms with Gasteiger partial charge in [0.2, 0.25) is 5.91 Å². The summed E-state index contributed by atoms with van der Waals surface area (Å²) in [5.41, 5.74) is 5.38. The molecule has 1 rings (SSSR count). The average molecular weight is 212 g/mol. The van der Waals surface area contributed by atoms with Crippen LogP contribution in [-0.4, -0.2) is 42.6 Å². The second kappa shape index (κ2) is 5.28. The summed E-state index contributed by atoms with van der Waals surface area (Å²) in [5, 5.41) is 0. The van der Waals surface area contributed by atoms with E-state index in [4.69, 9.17) is 10.5 Å². The summed E-state index contributed by atoms with van der Waals surface area (Å²) >= 11 is 0. The molecule has 0 atom stereocenters. The van der Waals surface area contributed by atoms with Gasteiger partial charge >= 0.3 is 0 Å². The molecule has 1 aliphatic rings. The highest BCUT2D eigenvalue weighted by atomic mass is 16.5. The summed E-state index contributed by atoms with van der Waals surface area (Å²) in [5.74, 6) is 0.0215. The number of nitrogens with zero attached hydrogens (tertiary/aromatic N) is 1. The Morgan fingerprint density at radius 2 is 2.20 bits per heavy atom. The fourth-order valence-corrected chi connectivity index (χ4v) is 1.78. The molecule has 0 bridgehead atoms. The zero-order valence-corrected chi connectivity index (χ0v) is 9.37. The molecule has 0 aliphatic carbocycles. The maximum absolute atomic E-state index is 12.1. The molecule has 4 heteroatoms. The van der Waals surface area contributed by atoms with Crippen molar-refractivity contribution in [2.75, 3.05) is 26.3 Å². The highest BCUT2D eigenvalue weighted by Crippen LogP contribution is 2.20. The number of ether oxygens (including phenoxy) is 1. The SMILES string of the molecule is C=CCN(CC)C(=O)C1(N)CCOCC1. The Hall–Kier alpha value is -0.870. The lowest BCUT2D eigenvalue weighted by Crippen LogP contribution is -2.58. The number of carbonyl (C=O) groups is 1. The summed E-state index contributed by atoms with van der Waals surface area (Å²) in [7, 11) is 0. The van der Waals surface area contributed by atoms with Crippen molar-refractivity contribution in [3.63, 3.8) is 0 Å². The highest BCUT2D eigenvalue weighted by molar-refractivity contribution is 5.86. The summed E-state index contributed by atoms with van der Waals surface area (Å²) < 4.78 is 5.22. The molecule has 0 aromatic rings. The Morgan fingerprint density at radius 3 is 2.67 bits per heavy atom. The predicted octanol–water partition coefficient (Wildman–Crippen LogP) is 0.529. The van der Waals surface area contributed by atoms with Gasteiger partial charge < -0.3 is 15.4 Å². The molecular formula is C11H20N2O2. The van der Waals surface area contributed by atoms with Gasteiger partial charge in [-0.15, -0.1) is 6.58 Å². The van der Waals surface area contributed by atoms with Crippen molar-refractivity contribution in [2.45, 2.75) is 25.3 Å². The van der Waals surface area contributed by atoms with Gasteiger partial charge in [-0.05, 0) is 19.8 Å². The molecular weight excluding hydrogens is 192 g/mol. The van der Waals surface area contributed by atoms with Crippen LogP contribution in [0.3, 0.4) is 0 Å². The van der Waals surface area contributed by atoms with Gasteiger partial charge in [-0.2, -0.15) is 0 Å². The van der Waals surface area contributed by atoms with Crippen molar-refractivity contribution in [1.29, 1.82) is 0 Å². The van der Waals surface area contributed by atoms with Crippen LogP contribution < -0.4 is 5.73 Å². The Bertz CT molecular complexity index is 235. The number of likely N-dealkylation sites (N-methyl/N-ethyl adjacent to an activating group) is 1. The van der Waals surface area contributed by atoms with Gasteiger partial charge in [0.15, 0.2) is 0 Å². The van der Waals surface area contributed by atoms with Gasteiger partial charge in [0.1, 0.15) is 0 Å². The number of amides is 1. The molecule has 1 fully saturated rings. The Labute approximate surface area is 91.1 Å². The fraction of sp³-hybridized carbons (Fsp3) is 0.727. The molecule has 1 heterocycles. The number of hydrogen-bond acceptors (Lipinski definition) is 3.